The SMILES string of the molecule is O=C1CCCc2c1cccc2-c1ccccc1C(F)(F)F. The van der Waals surface area contributed by atoms with Gasteiger partial charge in [-0.1, -0.05) is 36.4 Å². The predicted molar refractivity (Wildman–Crippen MR) is 74.1 cm³/mol. The Hall–Kier alpha value is -2.10. The van der Waals surface area contributed by atoms with E-state index in [1.807, 2.05) is 0 Å². The first-order chi connectivity index (χ1) is 9.98. The number of halogens is 3. The lowest BCUT2D eigenvalue weighted by Crippen LogP contribution is -2.13. The molecule has 0 heterocycles. The van der Waals surface area contributed by atoms with Crippen LogP contribution in [-0.2, 0) is 12.6 Å². The van der Waals surface area contributed by atoms with Crippen LogP contribution in [0.2, 0.25) is 0 Å². The van der Waals surface area contributed by atoms with Gasteiger partial charge in [-0.2, -0.15) is 13.2 Å². The van der Waals surface area contributed by atoms with Crippen LogP contribution in [0.4, 0.5) is 13.2 Å². The summed E-state index contributed by atoms with van der Waals surface area (Å²) in [6, 6.07) is 10.6. The van der Waals surface area contributed by atoms with Crippen molar-refractivity contribution < 1.29 is 18.0 Å². The highest BCUT2D eigenvalue weighted by molar-refractivity contribution is 6.00. The van der Waals surface area contributed by atoms with E-state index in [9.17, 15) is 18.0 Å². The third-order valence-electron chi connectivity index (χ3n) is 3.83. The van der Waals surface area contributed by atoms with Crippen LogP contribution in [0.5, 0.6) is 0 Å². The largest absolute Gasteiger partial charge is 0.417 e. The second kappa shape index (κ2) is 5.02. The minimum absolute atomic E-state index is 0.0163. The van der Waals surface area contributed by atoms with Crippen LogP contribution >= 0.6 is 0 Å². The summed E-state index contributed by atoms with van der Waals surface area (Å²) in [6.45, 7) is 0. The molecule has 3 rings (SSSR count). The number of hydrogen-bond acceptors (Lipinski definition) is 1. The lowest BCUT2D eigenvalue weighted by molar-refractivity contribution is -0.137. The van der Waals surface area contributed by atoms with Gasteiger partial charge in [0.2, 0.25) is 0 Å². The maximum absolute atomic E-state index is 13.2. The highest BCUT2D eigenvalue weighted by Gasteiger charge is 2.34. The van der Waals surface area contributed by atoms with Gasteiger partial charge in [0.25, 0.3) is 0 Å². The van der Waals surface area contributed by atoms with Gasteiger partial charge < -0.3 is 0 Å². The number of carbonyl (C=O) groups excluding carboxylic acids is 1. The summed E-state index contributed by atoms with van der Waals surface area (Å²) >= 11 is 0. The Labute approximate surface area is 120 Å². The fraction of sp³-hybridized carbons (Fsp3) is 0.235. The van der Waals surface area contributed by atoms with Gasteiger partial charge in [0.15, 0.2) is 5.78 Å². The highest BCUT2D eigenvalue weighted by Crippen LogP contribution is 2.39. The first-order valence-corrected chi connectivity index (χ1v) is 6.80. The number of carbonyl (C=O) groups is 1. The summed E-state index contributed by atoms with van der Waals surface area (Å²) in [4.78, 5) is 11.9. The molecule has 0 fully saturated rings. The molecule has 1 aliphatic rings. The number of hydrogen-bond donors (Lipinski definition) is 0. The van der Waals surface area contributed by atoms with E-state index in [1.54, 1.807) is 24.3 Å². The second-order valence-corrected chi connectivity index (χ2v) is 5.15. The molecule has 0 N–H and O–H groups in total. The smallest absolute Gasteiger partial charge is 0.294 e. The minimum atomic E-state index is -4.40. The number of benzene rings is 2. The third-order valence-corrected chi connectivity index (χ3v) is 3.83. The number of fused-ring (bicyclic) bond motifs is 1. The second-order valence-electron chi connectivity index (χ2n) is 5.15. The number of ketones is 1. The van der Waals surface area contributed by atoms with E-state index in [2.05, 4.69) is 0 Å². The van der Waals surface area contributed by atoms with E-state index in [4.69, 9.17) is 0 Å². The maximum Gasteiger partial charge on any atom is 0.417 e. The molecule has 1 aliphatic carbocycles. The summed E-state index contributed by atoms with van der Waals surface area (Å²) in [6.07, 6.45) is -2.60. The lowest BCUT2D eigenvalue weighted by Gasteiger charge is -2.20. The van der Waals surface area contributed by atoms with Crippen molar-refractivity contribution in [1.29, 1.82) is 0 Å². The molecule has 108 valence electrons. The third kappa shape index (κ3) is 2.46. The van der Waals surface area contributed by atoms with Crippen molar-refractivity contribution in [1.82, 2.24) is 0 Å². The molecule has 0 atom stereocenters. The van der Waals surface area contributed by atoms with Crippen molar-refractivity contribution in [3.63, 3.8) is 0 Å². The molecular formula is C17H13F3O. The minimum Gasteiger partial charge on any atom is -0.294 e. The van der Waals surface area contributed by atoms with Gasteiger partial charge in [0.1, 0.15) is 0 Å². The van der Waals surface area contributed by atoms with Crippen LogP contribution in [0, 0.1) is 0 Å². The van der Waals surface area contributed by atoms with Gasteiger partial charge in [-0.15, -0.1) is 0 Å². The van der Waals surface area contributed by atoms with Gasteiger partial charge in [0, 0.05) is 12.0 Å². The van der Waals surface area contributed by atoms with Crippen LogP contribution in [-0.4, -0.2) is 5.78 Å². The van der Waals surface area contributed by atoms with Gasteiger partial charge in [-0.3, -0.25) is 4.79 Å². The van der Waals surface area contributed by atoms with Crippen LogP contribution in [0.15, 0.2) is 42.5 Å². The Morgan fingerprint density at radius 2 is 1.48 bits per heavy atom. The van der Waals surface area contributed by atoms with E-state index in [0.717, 1.165) is 11.6 Å². The lowest BCUT2D eigenvalue weighted by atomic mass is 9.84. The molecule has 2 aromatic rings. The van der Waals surface area contributed by atoms with Gasteiger partial charge in [0.05, 0.1) is 5.56 Å². The van der Waals surface area contributed by atoms with Crippen molar-refractivity contribution in [2.45, 2.75) is 25.4 Å². The summed E-state index contributed by atoms with van der Waals surface area (Å²) in [7, 11) is 0. The molecule has 0 aromatic heterocycles. The first kappa shape index (κ1) is 13.9. The zero-order chi connectivity index (χ0) is 15.0. The molecule has 0 aliphatic heterocycles. The first-order valence-electron chi connectivity index (χ1n) is 6.80. The van der Waals surface area contributed by atoms with Crippen LogP contribution < -0.4 is 0 Å². The Morgan fingerprint density at radius 3 is 2.24 bits per heavy atom. The maximum atomic E-state index is 13.2. The predicted octanol–water partition coefficient (Wildman–Crippen LogP) is 4.89. The molecule has 0 bridgehead atoms. The van der Waals surface area contributed by atoms with Crippen molar-refractivity contribution in [2.24, 2.45) is 0 Å². The standard InChI is InChI=1S/C17H13F3O/c18-17(19,20)15-9-2-1-5-13(15)11-6-3-8-14-12(11)7-4-10-16(14)21/h1-3,5-6,8-9H,4,7,10H2. The highest BCUT2D eigenvalue weighted by atomic mass is 19.4. The molecular weight excluding hydrogens is 277 g/mol. The molecule has 2 aromatic carbocycles. The van der Waals surface area contributed by atoms with E-state index >= 15 is 0 Å². The summed E-state index contributed by atoms with van der Waals surface area (Å²) in [5, 5.41) is 0. The molecule has 0 saturated carbocycles. The topological polar surface area (TPSA) is 17.1 Å². The van der Waals surface area contributed by atoms with Crippen LogP contribution in [0.3, 0.4) is 0 Å². The van der Waals surface area contributed by atoms with Crippen molar-refractivity contribution >= 4 is 5.78 Å². The summed E-state index contributed by atoms with van der Waals surface area (Å²) in [5.41, 5.74) is 1.32. The molecule has 0 amide bonds. The molecule has 4 heteroatoms. The van der Waals surface area contributed by atoms with E-state index in [1.165, 1.54) is 12.1 Å². The van der Waals surface area contributed by atoms with Gasteiger partial charge >= 0.3 is 6.18 Å². The summed E-state index contributed by atoms with van der Waals surface area (Å²) < 4.78 is 39.5. The van der Waals surface area contributed by atoms with Gasteiger partial charge in [-0.05, 0) is 35.6 Å². The Balaban J connectivity index is 2.24. The van der Waals surface area contributed by atoms with Crippen molar-refractivity contribution in [3.8, 4) is 11.1 Å². The fourth-order valence-corrected chi connectivity index (χ4v) is 2.90. The quantitative estimate of drug-likeness (QED) is 0.730. The van der Waals surface area contributed by atoms with Crippen LogP contribution in [0.1, 0.15) is 34.3 Å². The monoisotopic (exact) mass is 290 g/mol. The average molecular weight is 290 g/mol. The molecule has 1 nitrogen and oxygen atoms in total. The van der Waals surface area contributed by atoms with E-state index < -0.39 is 11.7 Å². The number of Topliss-reactive ketones (excluding diaryl/α,β-unsaturated/α-hetero) is 1. The molecule has 21 heavy (non-hydrogen) atoms. The average Bonchev–Trinajstić information content (AvgIpc) is 2.46. The van der Waals surface area contributed by atoms with Crippen molar-refractivity contribution in [3.05, 3.63) is 59.2 Å². The Bertz CT molecular complexity index is 701. The zero-order valence-corrected chi connectivity index (χ0v) is 11.2. The molecule has 0 saturated heterocycles. The van der Waals surface area contributed by atoms with Crippen LogP contribution in [0.25, 0.3) is 11.1 Å². The molecule has 0 unspecified atom stereocenters. The normalized spacial score (nSPS) is 14.9. The number of rotatable bonds is 1. The van der Waals surface area contributed by atoms with E-state index in [0.29, 0.717) is 30.4 Å². The molecule has 0 radical (unpaired) electrons. The zero-order valence-electron chi connectivity index (χ0n) is 11.2. The summed E-state index contributed by atoms with van der Waals surface area (Å²) in [5.74, 6) is 0.0163. The van der Waals surface area contributed by atoms with Crippen molar-refractivity contribution in [2.75, 3.05) is 0 Å². The Kier molecular flexibility index (Phi) is 3.32. The van der Waals surface area contributed by atoms with Gasteiger partial charge in [-0.25, -0.2) is 0 Å². The molecule has 0 spiro atoms. The van der Waals surface area contributed by atoms with E-state index in [-0.39, 0.29) is 11.3 Å². The Morgan fingerprint density at radius 1 is 0.810 bits per heavy atom. The number of alkyl halides is 3. The fourth-order valence-electron chi connectivity index (χ4n) is 2.90.